The van der Waals surface area contributed by atoms with E-state index < -0.39 is 0 Å². The number of rotatable bonds is 7. The van der Waals surface area contributed by atoms with Crippen LogP contribution in [0, 0.1) is 0 Å². The van der Waals surface area contributed by atoms with Crippen LogP contribution in [-0.2, 0) is 22.4 Å². The number of aryl methyl sites for hydroxylation is 1. The minimum absolute atomic E-state index is 0.0878. The van der Waals surface area contributed by atoms with E-state index in [9.17, 15) is 9.59 Å². The first-order valence-corrected chi connectivity index (χ1v) is 9.16. The molecule has 0 spiro atoms. The number of hydrogen-bond acceptors (Lipinski definition) is 3. The molecule has 3 rings (SSSR count). The van der Waals surface area contributed by atoms with Crippen molar-refractivity contribution in [1.29, 1.82) is 0 Å². The molecule has 0 bridgehead atoms. The van der Waals surface area contributed by atoms with Crippen molar-refractivity contribution in [2.75, 3.05) is 16.4 Å². The molecule has 0 aromatic heterocycles. The third kappa shape index (κ3) is 5.99. The molecule has 3 aromatic rings. The highest BCUT2D eigenvalue weighted by Gasteiger charge is 2.07. The Balaban J connectivity index is 1.52. The van der Waals surface area contributed by atoms with E-state index in [4.69, 9.17) is 5.73 Å². The summed E-state index contributed by atoms with van der Waals surface area (Å²) in [5, 5.41) is 5.73. The van der Waals surface area contributed by atoms with Gasteiger partial charge in [-0.1, -0.05) is 48.5 Å². The van der Waals surface area contributed by atoms with E-state index in [1.54, 1.807) is 24.3 Å². The summed E-state index contributed by atoms with van der Waals surface area (Å²) < 4.78 is 0. The maximum Gasteiger partial charge on any atom is 0.228 e. The van der Waals surface area contributed by atoms with Crippen LogP contribution in [0.15, 0.2) is 78.9 Å². The summed E-state index contributed by atoms with van der Waals surface area (Å²) in [6.45, 7) is 0. The molecule has 5 nitrogen and oxygen atoms in total. The van der Waals surface area contributed by atoms with E-state index >= 15 is 0 Å². The lowest BCUT2D eigenvalue weighted by atomic mass is 10.1. The Hall–Kier alpha value is -3.60. The minimum atomic E-state index is -0.101. The number of carbonyl (C=O) groups excluding carboxylic acids is 2. The van der Waals surface area contributed by atoms with E-state index in [2.05, 4.69) is 10.6 Å². The molecule has 2 amide bonds. The van der Waals surface area contributed by atoms with E-state index in [0.717, 1.165) is 11.1 Å². The van der Waals surface area contributed by atoms with Gasteiger partial charge in [-0.15, -0.1) is 0 Å². The number of nitrogen functional groups attached to an aromatic ring is 1. The van der Waals surface area contributed by atoms with Gasteiger partial charge in [-0.25, -0.2) is 0 Å². The second-order valence-corrected chi connectivity index (χ2v) is 6.58. The molecule has 0 atom stereocenters. The quantitative estimate of drug-likeness (QED) is 0.547. The van der Waals surface area contributed by atoms with Crippen LogP contribution < -0.4 is 16.4 Å². The molecular weight excluding hydrogens is 350 g/mol. The lowest BCUT2D eigenvalue weighted by molar-refractivity contribution is -0.116. The van der Waals surface area contributed by atoms with Crippen molar-refractivity contribution in [3.05, 3.63) is 90.0 Å². The monoisotopic (exact) mass is 373 g/mol. The van der Waals surface area contributed by atoms with E-state index in [1.807, 2.05) is 54.6 Å². The van der Waals surface area contributed by atoms with Crippen molar-refractivity contribution in [2.45, 2.75) is 19.3 Å². The van der Waals surface area contributed by atoms with E-state index in [-0.39, 0.29) is 11.8 Å². The van der Waals surface area contributed by atoms with Crippen molar-refractivity contribution < 1.29 is 9.59 Å². The van der Waals surface area contributed by atoms with Crippen LogP contribution >= 0.6 is 0 Å². The van der Waals surface area contributed by atoms with Gasteiger partial charge < -0.3 is 16.4 Å². The van der Waals surface area contributed by atoms with Crippen LogP contribution in [0.1, 0.15) is 17.5 Å². The molecule has 0 heterocycles. The van der Waals surface area contributed by atoms with Crippen LogP contribution in [0.2, 0.25) is 0 Å². The number of anilines is 3. The smallest absolute Gasteiger partial charge is 0.228 e. The molecule has 0 fully saturated rings. The zero-order valence-electron chi connectivity index (χ0n) is 15.5. The average Bonchev–Trinajstić information content (AvgIpc) is 2.67. The normalized spacial score (nSPS) is 10.3. The molecule has 0 aliphatic heterocycles. The first-order chi connectivity index (χ1) is 13.6. The zero-order valence-corrected chi connectivity index (χ0v) is 15.5. The van der Waals surface area contributed by atoms with Crippen molar-refractivity contribution in [1.82, 2.24) is 0 Å². The molecule has 4 N–H and O–H groups in total. The molecule has 28 heavy (non-hydrogen) atoms. The Bertz CT molecular complexity index is 955. The molecule has 0 saturated heterocycles. The molecule has 0 saturated carbocycles. The van der Waals surface area contributed by atoms with Gasteiger partial charge in [0.25, 0.3) is 0 Å². The zero-order chi connectivity index (χ0) is 19.8. The van der Waals surface area contributed by atoms with Crippen molar-refractivity contribution in [3.63, 3.8) is 0 Å². The Morgan fingerprint density at radius 1 is 0.714 bits per heavy atom. The molecular formula is C23H23N3O2. The minimum Gasteiger partial charge on any atom is -0.399 e. The number of carbonyl (C=O) groups is 2. The van der Waals surface area contributed by atoms with Gasteiger partial charge in [-0.05, 0) is 47.9 Å². The van der Waals surface area contributed by atoms with Crippen LogP contribution in [0.3, 0.4) is 0 Å². The summed E-state index contributed by atoms with van der Waals surface area (Å²) in [7, 11) is 0. The highest BCUT2D eigenvalue weighted by molar-refractivity contribution is 5.94. The number of nitrogens with one attached hydrogen (secondary N) is 2. The Kier molecular flexibility index (Phi) is 6.41. The predicted molar refractivity (Wildman–Crippen MR) is 113 cm³/mol. The van der Waals surface area contributed by atoms with Gasteiger partial charge >= 0.3 is 0 Å². The van der Waals surface area contributed by atoms with E-state index in [0.29, 0.717) is 36.3 Å². The third-order valence-corrected chi connectivity index (χ3v) is 4.23. The topological polar surface area (TPSA) is 84.2 Å². The first kappa shape index (κ1) is 19.2. The lowest BCUT2D eigenvalue weighted by Crippen LogP contribution is -2.15. The predicted octanol–water partition coefficient (Wildman–Crippen LogP) is 4.02. The largest absolute Gasteiger partial charge is 0.399 e. The maximum absolute atomic E-state index is 12.2. The molecule has 0 aliphatic rings. The van der Waals surface area contributed by atoms with Gasteiger partial charge in [0, 0.05) is 23.5 Å². The van der Waals surface area contributed by atoms with Crippen LogP contribution in [0.25, 0.3) is 0 Å². The molecule has 0 aliphatic carbocycles. The van der Waals surface area contributed by atoms with Gasteiger partial charge in [0.2, 0.25) is 11.8 Å². The number of amides is 2. The number of nitrogens with two attached hydrogens (primary N) is 1. The Morgan fingerprint density at radius 3 is 2.07 bits per heavy atom. The molecule has 5 heteroatoms. The summed E-state index contributed by atoms with van der Waals surface area (Å²) in [4.78, 5) is 24.4. The Morgan fingerprint density at radius 2 is 1.36 bits per heavy atom. The van der Waals surface area contributed by atoms with Gasteiger partial charge in [-0.2, -0.15) is 0 Å². The van der Waals surface area contributed by atoms with Gasteiger partial charge in [0.1, 0.15) is 0 Å². The van der Waals surface area contributed by atoms with Gasteiger partial charge in [0.05, 0.1) is 6.42 Å². The van der Waals surface area contributed by atoms with Crippen molar-refractivity contribution >= 4 is 28.9 Å². The van der Waals surface area contributed by atoms with Crippen LogP contribution in [0.5, 0.6) is 0 Å². The maximum atomic E-state index is 12.2. The first-order valence-electron chi connectivity index (χ1n) is 9.16. The standard InChI is InChI=1S/C23H23N3O2/c24-19-9-4-8-18(14-19)12-13-22(27)25-20-10-5-11-21(16-20)26-23(28)15-17-6-2-1-3-7-17/h1-11,14,16H,12-13,15,24H2,(H,25,27)(H,26,28). The molecule has 0 radical (unpaired) electrons. The van der Waals surface area contributed by atoms with E-state index in [1.165, 1.54) is 0 Å². The van der Waals surface area contributed by atoms with Crippen molar-refractivity contribution in [2.24, 2.45) is 0 Å². The summed E-state index contributed by atoms with van der Waals surface area (Å²) in [6.07, 6.45) is 1.27. The summed E-state index contributed by atoms with van der Waals surface area (Å²) in [6, 6.07) is 24.2. The van der Waals surface area contributed by atoms with Gasteiger partial charge in [0.15, 0.2) is 0 Å². The fourth-order valence-electron chi connectivity index (χ4n) is 2.89. The summed E-state index contributed by atoms with van der Waals surface area (Å²) in [5.74, 6) is -0.188. The fraction of sp³-hybridized carbons (Fsp3) is 0.130. The van der Waals surface area contributed by atoms with Crippen LogP contribution in [0.4, 0.5) is 17.1 Å². The second-order valence-electron chi connectivity index (χ2n) is 6.58. The fourth-order valence-corrected chi connectivity index (χ4v) is 2.89. The lowest BCUT2D eigenvalue weighted by Gasteiger charge is -2.09. The van der Waals surface area contributed by atoms with Crippen molar-refractivity contribution in [3.8, 4) is 0 Å². The molecule has 142 valence electrons. The SMILES string of the molecule is Nc1cccc(CCC(=O)Nc2cccc(NC(=O)Cc3ccccc3)c2)c1. The van der Waals surface area contributed by atoms with Gasteiger partial charge in [-0.3, -0.25) is 9.59 Å². The molecule has 0 unspecified atom stereocenters. The average molecular weight is 373 g/mol. The molecule has 3 aromatic carbocycles. The highest BCUT2D eigenvalue weighted by atomic mass is 16.2. The number of hydrogen-bond donors (Lipinski definition) is 3. The second kappa shape index (κ2) is 9.37. The Labute approximate surface area is 164 Å². The summed E-state index contributed by atoms with van der Waals surface area (Å²) >= 11 is 0. The third-order valence-electron chi connectivity index (χ3n) is 4.23. The highest BCUT2D eigenvalue weighted by Crippen LogP contribution is 2.16. The number of benzene rings is 3. The summed E-state index contributed by atoms with van der Waals surface area (Å²) in [5.41, 5.74) is 9.72. The van der Waals surface area contributed by atoms with Crippen LogP contribution in [-0.4, -0.2) is 11.8 Å².